The monoisotopic (exact) mass is 836 g/mol. The van der Waals surface area contributed by atoms with Gasteiger partial charge in [0.2, 0.25) is 6.29 Å². The minimum atomic E-state index is -1.81. The van der Waals surface area contributed by atoms with E-state index in [4.69, 9.17) is 51.8 Å². The van der Waals surface area contributed by atoms with Crippen molar-refractivity contribution in [3.63, 3.8) is 0 Å². The van der Waals surface area contributed by atoms with Crippen molar-refractivity contribution in [1.29, 1.82) is 0 Å². The summed E-state index contributed by atoms with van der Waals surface area (Å²) in [7, 11) is 0. The molecule has 326 valence electrons. The van der Waals surface area contributed by atoms with Gasteiger partial charge < -0.3 is 108 Å². The average Bonchev–Trinajstić information content (AvgIpc) is 3.19. The van der Waals surface area contributed by atoms with Crippen LogP contribution in [0, 0.1) is 6.92 Å². The van der Waals surface area contributed by atoms with Gasteiger partial charge in [-0.15, -0.1) is 0 Å². The predicted molar refractivity (Wildman–Crippen MR) is 182 cm³/mol. The summed E-state index contributed by atoms with van der Waals surface area (Å²) >= 11 is 0. The van der Waals surface area contributed by atoms with Gasteiger partial charge in [-0.3, -0.25) is 0 Å². The summed E-state index contributed by atoms with van der Waals surface area (Å²) in [5, 5.41) is 116. The predicted octanol–water partition coefficient (Wildman–Crippen LogP) is -6.23. The van der Waals surface area contributed by atoms with Gasteiger partial charge >= 0.3 is 5.63 Å². The van der Waals surface area contributed by atoms with Crippen molar-refractivity contribution in [3.8, 4) is 5.75 Å². The Labute approximate surface area is 327 Å². The Morgan fingerprint density at radius 1 is 0.483 bits per heavy atom. The number of aliphatic hydroxyl groups excluding tert-OH is 11. The molecule has 0 radical (unpaired) electrons. The zero-order valence-corrected chi connectivity index (χ0v) is 30.7. The first-order valence-electron chi connectivity index (χ1n) is 18.5. The largest absolute Gasteiger partial charge is 0.462 e. The molecule has 5 aliphatic rings. The lowest BCUT2D eigenvalue weighted by Crippen LogP contribution is -2.63. The van der Waals surface area contributed by atoms with E-state index in [0.29, 0.717) is 10.9 Å². The SMILES string of the molecule is Cc1cc(=O)oc2cc(O[C@@H]3OC[C@@H](O[C@@H]4OC[C@@H](O[C@@H]5OC[C@@H](O[C@@H]6OC[C@@H](O[C@@H]7OC[C@@H](O)[C@H](O)[C@H]7O)[C@H](O)[C@H]6O)[C@H](O)[C@H]5O)[C@H](O)[C@H]4O)[C@H](O)[C@H]3O)ccc12. The average molecular weight is 837 g/mol. The maximum Gasteiger partial charge on any atom is 0.336 e. The number of fused-ring (bicyclic) bond motifs is 1. The Kier molecular flexibility index (Phi) is 13.6. The molecule has 5 aliphatic heterocycles. The summed E-state index contributed by atoms with van der Waals surface area (Å²) < 4.78 is 60.5. The van der Waals surface area contributed by atoms with E-state index in [1.54, 1.807) is 19.1 Å². The Hall–Kier alpha value is -2.57. The van der Waals surface area contributed by atoms with Gasteiger partial charge in [-0.05, 0) is 24.6 Å². The van der Waals surface area contributed by atoms with Crippen LogP contribution in [-0.2, 0) is 42.6 Å². The van der Waals surface area contributed by atoms with E-state index in [1.165, 1.54) is 12.1 Å². The summed E-state index contributed by atoms with van der Waals surface area (Å²) in [6.07, 6.45) is -31.0. The number of benzene rings is 1. The molecule has 0 saturated carbocycles. The van der Waals surface area contributed by atoms with Crippen LogP contribution < -0.4 is 10.4 Å². The van der Waals surface area contributed by atoms with Crippen molar-refractivity contribution in [3.05, 3.63) is 40.2 Å². The first-order chi connectivity index (χ1) is 27.6. The molecule has 7 rings (SSSR count). The minimum absolute atomic E-state index is 0.177. The maximum atomic E-state index is 11.8. The van der Waals surface area contributed by atoms with Gasteiger partial charge in [0.15, 0.2) is 25.2 Å². The molecule has 5 fully saturated rings. The van der Waals surface area contributed by atoms with Crippen molar-refractivity contribution < 1.29 is 108 Å². The zero-order valence-electron chi connectivity index (χ0n) is 30.7. The molecule has 2 aromatic rings. The van der Waals surface area contributed by atoms with Gasteiger partial charge in [0.05, 0.1) is 33.0 Å². The molecule has 20 atom stereocenters. The van der Waals surface area contributed by atoms with E-state index in [2.05, 4.69) is 0 Å². The number of rotatable bonds is 10. The van der Waals surface area contributed by atoms with E-state index in [-0.39, 0.29) is 24.5 Å². The van der Waals surface area contributed by atoms with Gasteiger partial charge in [0, 0.05) is 17.5 Å². The molecule has 58 heavy (non-hydrogen) atoms. The lowest BCUT2D eigenvalue weighted by atomic mass is 10.0. The molecule has 6 heterocycles. The quantitative estimate of drug-likeness (QED) is 0.0992. The molecule has 11 N–H and O–H groups in total. The smallest absolute Gasteiger partial charge is 0.336 e. The first-order valence-corrected chi connectivity index (χ1v) is 18.5. The topological polar surface area (TPSA) is 345 Å². The van der Waals surface area contributed by atoms with E-state index in [1.807, 2.05) is 0 Å². The molecule has 0 spiro atoms. The molecule has 0 bridgehead atoms. The van der Waals surface area contributed by atoms with Gasteiger partial charge in [0.1, 0.15) is 103 Å². The fourth-order valence-corrected chi connectivity index (χ4v) is 7.11. The Balaban J connectivity index is 0.858. The lowest BCUT2D eigenvalue weighted by molar-refractivity contribution is -0.361. The second-order valence-corrected chi connectivity index (χ2v) is 14.7. The highest BCUT2D eigenvalue weighted by atomic mass is 16.8. The molecule has 0 amide bonds. The highest BCUT2D eigenvalue weighted by molar-refractivity contribution is 5.81. The van der Waals surface area contributed by atoms with Crippen LogP contribution in [0.3, 0.4) is 0 Å². The van der Waals surface area contributed by atoms with Crippen LogP contribution in [0.2, 0.25) is 0 Å². The fraction of sp³-hybridized carbons (Fsp3) is 0.743. The summed E-state index contributed by atoms with van der Waals surface area (Å²) in [6.45, 7) is -0.256. The Morgan fingerprint density at radius 2 is 0.862 bits per heavy atom. The van der Waals surface area contributed by atoms with Crippen molar-refractivity contribution in [1.82, 2.24) is 0 Å². The molecule has 0 aliphatic carbocycles. The third-order valence-electron chi connectivity index (χ3n) is 10.6. The molecular weight excluding hydrogens is 788 g/mol. The van der Waals surface area contributed by atoms with Crippen LogP contribution in [0.15, 0.2) is 33.5 Å². The Morgan fingerprint density at radius 3 is 1.31 bits per heavy atom. The highest BCUT2D eigenvalue weighted by Gasteiger charge is 2.50. The van der Waals surface area contributed by atoms with Crippen molar-refractivity contribution in [2.24, 2.45) is 0 Å². The van der Waals surface area contributed by atoms with E-state index < -0.39 is 148 Å². The first kappa shape index (κ1) is 43.5. The number of hydrogen-bond acceptors (Lipinski definition) is 23. The summed E-state index contributed by atoms with van der Waals surface area (Å²) in [5.74, 6) is 0.177. The summed E-state index contributed by atoms with van der Waals surface area (Å²) in [6, 6.07) is 6.00. The molecule has 1 aromatic carbocycles. The number of hydrogen-bond donors (Lipinski definition) is 11. The van der Waals surface area contributed by atoms with Crippen LogP contribution in [0.4, 0.5) is 0 Å². The van der Waals surface area contributed by atoms with Crippen molar-refractivity contribution in [2.75, 3.05) is 33.0 Å². The maximum absolute atomic E-state index is 11.8. The third kappa shape index (κ3) is 9.04. The lowest BCUT2D eigenvalue weighted by Gasteiger charge is -2.45. The molecule has 5 saturated heterocycles. The molecule has 23 heteroatoms. The number of aliphatic hydroxyl groups is 11. The van der Waals surface area contributed by atoms with Gasteiger partial charge in [-0.1, -0.05) is 0 Å². The van der Waals surface area contributed by atoms with Crippen molar-refractivity contribution >= 4 is 11.0 Å². The second-order valence-electron chi connectivity index (χ2n) is 14.7. The third-order valence-corrected chi connectivity index (χ3v) is 10.6. The van der Waals surface area contributed by atoms with E-state index in [0.717, 1.165) is 0 Å². The molecular formula is C35H48O23. The highest BCUT2D eigenvalue weighted by Crippen LogP contribution is 2.31. The van der Waals surface area contributed by atoms with Crippen molar-refractivity contribution in [2.45, 2.75) is 130 Å². The molecule has 0 unspecified atom stereocenters. The minimum Gasteiger partial charge on any atom is -0.462 e. The fourth-order valence-electron chi connectivity index (χ4n) is 7.11. The molecule has 23 nitrogen and oxygen atoms in total. The number of aryl methyl sites for hydroxylation is 1. The van der Waals surface area contributed by atoms with E-state index in [9.17, 15) is 61.0 Å². The van der Waals surface area contributed by atoms with Crippen LogP contribution in [-0.4, -0.2) is 212 Å². The van der Waals surface area contributed by atoms with Crippen LogP contribution in [0.1, 0.15) is 5.56 Å². The Bertz CT molecular complexity index is 1730. The standard InChI is InChI=1S/C35H48O23/c1-11-4-20(37)54-15-5-12(2-3-13(11)15)53-31-27(44)22(39)16(7-49-31)56-33-29(46)24(41)18(9-51-33)58-35-30(47)25(42)19(10-52-35)57-34-28(45)23(40)17(8-50-34)55-32-26(43)21(38)14(36)6-48-32/h2-5,14,16-19,21-36,38-47H,6-10H2,1H3/t14-,16-,17-,18-,19-,21+,22+,23+,24+,25+,26-,27-,28-,29-,30-,31+,32+,33+,34+,35+/m1/s1. The molecule has 1 aromatic heterocycles. The van der Waals surface area contributed by atoms with Crippen LogP contribution >= 0.6 is 0 Å². The summed E-state index contributed by atoms with van der Waals surface area (Å²) in [5.41, 5.74) is 0.380. The summed E-state index contributed by atoms with van der Waals surface area (Å²) in [4.78, 5) is 11.8. The van der Waals surface area contributed by atoms with Gasteiger partial charge in [-0.2, -0.15) is 0 Å². The van der Waals surface area contributed by atoms with E-state index >= 15 is 0 Å². The van der Waals surface area contributed by atoms with Gasteiger partial charge in [0.25, 0.3) is 0 Å². The number of ether oxygens (including phenoxy) is 10. The second kappa shape index (κ2) is 18.2. The zero-order chi connectivity index (χ0) is 41.6. The van der Waals surface area contributed by atoms with Gasteiger partial charge in [-0.25, -0.2) is 4.79 Å². The van der Waals surface area contributed by atoms with Crippen LogP contribution in [0.25, 0.3) is 11.0 Å². The normalized spacial score (nSPS) is 45.2. The van der Waals surface area contributed by atoms with Crippen LogP contribution in [0.5, 0.6) is 5.75 Å².